The molecule has 2 N–H and O–H groups in total. The summed E-state index contributed by atoms with van der Waals surface area (Å²) in [7, 11) is 0. The lowest BCUT2D eigenvalue weighted by atomic mass is 9.89. The largest absolute Gasteiger partial charge is 0.313 e. The topological polar surface area (TPSA) is 69.6 Å². The van der Waals surface area contributed by atoms with E-state index in [1.54, 1.807) is 23.3 Å². The molecule has 4 aromatic rings. The summed E-state index contributed by atoms with van der Waals surface area (Å²) in [5.41, 5.74) is 3.81. The smallest absolute Gasteiger partial charge is 0.182 e. The average molecular weight is 519 g/mol. The SMILES string of the molecule is O=CC=O.ON(Cc1ccccc1)Cc1ccc(SNCCC(c2ccccc2)c2ccccc2)s1. The molecular formula is C29H30N2O3S2. The van der Waals surface area contributed by atoms with Crippen LogP contribution < -0.4 is 4.72 Å². The minimum atomic E-state index is 0.194. The molecule has 0 radical (unpaired) electrons. The molecule has 3 aromatic carbocycles. The summed E-state index contributed by atoms with van der Waals surface area (Å²) in [5, 5.41) is 11.6. The lowest BCUT2D eigenvalue weighted by Gasteiger charge is -2.18. The molecule has 1 heterocycles. The zero-order valence-electron chi connectivity index (χ0n) is 19.9. The van der Waals surface area contributed by atoms with E-state index in [1.807, 2.05) is 30.3 Å². The van der Waals surface area contributed by atoms with E-state index in [0.717, 1.165) is 23.4 Å². The highest BCUT2D eigenvalue weighted by Gasteiger charge is 2.13. The van der Waals surface area contributed by atoms with Crippen LogP contribution in [0.15, 0.2) is 107 Å². The van der Waals surface area contributed by atoms with Crippen molar-refractivity contribution >= 4 is 35.9 Å². The van der Waals surface area contributed by atoms with Gasteiger partial charge >= 0.3 is 0 Å². The third-order valence-electron chi connectivity index (χ3n) is 5.35. The van der Waals surface area contributed by atoms with Crippen LogP contribution in [0.3, 0.4) is 0 Å². The van der Waals surface area contributed by atoms with Crippen LogP contribution in [0, 0.1) is 0 Å². The van der Waals surface area contributed by atoms with Crippen LogP contribution in [-0.4, -0.2) is 29.4 Å². The van der Waals surface area contributed by atoms with Crippen molar-refractivity contribution in [2.45, 2.75) is 29.6 Å². The van der Waals surface area contributed by atoms with Crippen molar-refractivity contribution in [2.75, 3.05) is 6.54 Å². The van der Waals surface area contributed by atoms with Gasteiger partial charge in [0.25, 0.3) is 0 Å². The van der Waals surface area contributed by atoms with Gasteiger partial charge in [-0.3, -0.25) is 14.3 Å². The van der Waals surface area contributed by atoms with E-state index >= 15 is 0 Å². The van der Waals surface area contributed by atoms with Gasteiger partial charge in [-0.05, 0) is 47.2 Å². The van der Waals surface area contributed by atoms with Crippen molar-refractivity contribution in [1.82, 2.24) is 9.79 Å². The van der Waals surface area contributed by atoms with E-state index in [1.165, 1.54) is 20.4 Å². The summed E-state index contributed by atoms with van der Waals surface area (Å²) in [5.74, 6) is 0.380. The molecule has 0 saturated carbocycles. The Kier molecular flexibility index (Phi) is 12.1. The molecule has 186 valence electrons. The maximum Gasteiger partial charge on any atom is 0.182 e. The number of benzene rings is 3. The predicted molar refractivity (Wildman–Crippen MR) is 147 cm³/mol. The number of hydroxylamine groups is 2. The number of rotatable bonds is 12. The minimum absolute atomic E-state index is 0.194. The van der Waals surface area contributed by atoms with E-state index in [-0.39, 0.29) is 12.6 Å². The molecule has 0 atom stereocenters. The van der Waals surface area contributed by atoms with Gasteiger partial charge < -0.3 is 5.21 Å². The van der Waals surface area contributed by atoms with Crippen LogP contribution >= 0.6 is 23.3 Å². The highest BCUT2D eigenvalue weighted by molar-refractivity contribution is 7.99. The Labute approximate surface area is 220 Å². The van der Waals surface area contributed by atoms with Crippen LogP contribution in [0.2, 0.25) is 0 Å². The Bertz CT molecular complexity index is 1110. The number of thiophene rings is 1. The Morgan fingerprint density at radius 1 is 0.778 bits per heavy atom. The molecule has 0 aliphatic rings. The Morgan fingerprint density at radius 2 is 1.33 bits per heavy atom. The van der Waals surface area contributed by atoms with Gasteiger partial charge in [-0.2, -0.15) is 5.06 Å². The molecule has 0 aliphatic carbocycles. The summed E-state index contributed by atoms with van der Waals surface area (Å²) < 4.78 is 4.74. The molecule has 0 spiro atoms. The maximum absolute atomic E-state index is 10.3. The van der Waals surface area contributed by atoms with Crippen LogP contribution in [0.1, 0.15) is 33.9 Å². The Morgan fingerprint density at radius 3 is 1.89 bits per heavy atom. The van der Waals surface area contributed by atoms with Crippen molar-refractivity contribution in [3.8, 4) is 0 Å². The molecule has 7 heteroatoms. The van der Waals surface area contributed by atoms with E-state index < -0.39 is 0 Å². The van der Waals surface area contributed by atoms with Crippen LogP contribution in [-0.2, 0) is 22.7 Å². The van der Waals surface area contributed by atoms with Crippen molar-refractivity contribution in [2.24, 2.45) is 0 Å². The van der Waals surface area contributed by atoms with E-state index in [9.17, 15) is 5.21 Å². The number of nitrogens with zero attached hydrogens (tertiary/aromatic N) is 1. The zero-order chi connectivity index (χ0) is 25.4. The number of hydrogen-bond donors (Lipinski definition) is 2. The average Bonchev–Trinajstić information content (AvgIpc) is 3.37. The maximum atomic E-state index is 10.3. The van der Waals surface area contributed by atoms with Gasteiger partial charge in [-0.15, -0.1) is 11.3 Å². The minimum Gasteiger partial charge on any atom is -0.313 e. The molecular weight excluding hydrogens is 488 g/mol. The fourth-order valence-electron chi connectivity index (χ4n) is 3.75. The number of nitrogens with one attached hydrogen (secondary N) is 1. The fraction of sp³-hybridized carbons (Fsp3) is 0.172. The molecule has 0 amide bonds. The third kappa shape index (κ3) is 9.53. The third-order valence-corrected chi connectivity index (χ3v) is 7.40. The van der Waals surface area contributed by atoms with Gasteiger partial charge in [0.2, 0.25) is 0 Å². The van der Waals surface area contributed by atoms with E-state index in [2.05, 4.69) is 77.5 Å². The fourth-order valence-corrected chi connectivity index (χ4v) is 5.66. The standard InChI is InChI=1S/C27H28N2OS2.C2H2O2/c30-29(20-22-10-4-1-5-11-22)21-25-16-17-27(31-25)32-28-19-18-26(23-12-6-2-7-13-23)24-14-8-3-9-15-24;3-1-2-4/h1-17,26,28,30H,18-21H2;1-2H. The molecule has 1 aromatic heterocycles. The second kappa shape index (κ2) is 15.8. The van der Waals surface area contributed by atoms with Crippen molar-refractivity contribution in [3.63, 3.8) is 0 Å². The first-order valence-corrected chi connectivity index (χ1v) is 13.3. The van der Waals surface area contributed by atoms with Gasteiger partial charge in [-0.1, -0.05) is 91.0 Å². The lowest BCUT2D eigenvalue weighted by molar-refractivity contribution is -0.122. The van der Waals surface area contributed by atoms with Gasteiger partial charge in [0.05, 0.1) is 10.8 Å². The zero-order valence-corrected chi connectivity index (χ0v) is 21.5. The summed E-state index contributed by atoms with van der Waals surface area (Å²) >= 11 is 3.40. The van der Waals surface area contributed by atoms with Crippen LogP contribution in [0.4, 0.5) is 0 Å². The molecule has 5 nitrogen and oxygen atoms in total. The molecule has 0 bridgehead atoms. The van der Waals surface area contributed by atoms with Gasteiger partial charge in [0.15, 0.2) is 12.6 Å². The monoisotopic (exact) mass is 518 g/mol. The number of carbonyl (C=O) groups is 2. The first kappa shape index (κ1) is 27.5. The molecule has 4 rings (SSSR count). The Balaban J connectivity index is 0.000000840. The number of hydrogen-bond acceptors (Lipinski definition) is 7. The second-order valence-corrected chi connectivity index (χ2v) is 10.3. The highest BCUT2D eigenvalue weighted by Crippen LogP contribution is 2.29. The van der Waals surface area contributed by atoms with Gasteiger partial charge in [-0.25, -0.2) is 0 Å². The molecule has 0 aliphatic heterocycles. The quantitative estimate of drug-likeness (QED) is 0.0750. The summed E-state index contributed by atoms with van der Waals surface area (Å²) in [4.78, 5) is 18.8. The second-order valence-electron chi connectivity index (χ2n) is 7.96. The van der Waals surface area contributed by atoms with E-state index in [4.69, 9.17) is 9.59 Å². The molecule has 36 heavy (non-hydrogen) atoms. The van der Waals surface area contributed by atoms with Crippen molar-refractivity contribution in [3.05, 3.63) is 125 Å². The first-order valence-electron chi connectivity index (χ1n) is 11.6. The number of carbonyl (C=O) groups excluding carboxylic acids is 2. The van der Waals surface area contributed by atoms with Crippen LogP contribution in [0.5, 0.6) is 0 Å². The van der Waals surface area contributed by atoms with E-state index in [0.29, 0.717) is 19.0 Å². The highest BCUT2D eigenvalue weighted by atomic mass is 32.2. The van der Waals surface area contributed by atoms with Gasteiger partial charge in [0.1, 0.15) is 0 Å². The summed E-state index contributed by atoms with van der Waals surface area (Å²) in [6.45, 7) is 1.97. The molecule has 0 unspecified atom stereocenters. The number of aldehydes is 2. The summed E-state index contributed by atoms with van der Waals surface area (Å²) in [6.07, 6.45) is 1.42. The first-order chi connectivity index (χ1) is 17.7. The Hall–Kier alpha value is -3.07. The van der Waals surface area contributed by atoms with Crippen LogP contribution in [0.25, 0.3) is 0 Å². The summed E-state index contributed by atoms with van der Waals surface area (Å²) in [6, 6.07) is 35.7. The lowest BCUT2D eigenvalue weighted by Crippen LogP contribution is -2.17. The normalized spacial score (nSPS) is 10.6. The molecule has 0 saturated heterocycles. The van der Waals surface area contributed by atoms with Gasteiger partial charge in [0, 0.05) is 23.9 Å². The predicted octanol–water partition coefficient (Wildman–Crippen LogP) is 6.34. The molecule has 0 fully saturated rings. The van der Waals surface area contributed by atoms with Crippen molar-refractivity contribution in [1.29, 1.82) is 0 Å². The van der Waals surface area contributed by atoms with Crippen molar-refractivity contribution < 1.29 is 14.8 Å².